The Labute approximate surface area is 128 Å². The van der Waals surface area contributed by atoms with Crippen LogP contribution in [0.25, 0.3) is 0 Å². The van der Waals surface area contributed by atoms with Gasteiger partial charge in [0.05, 0.1) is 16.9 Å². The van der Waals surface area contributed by atoms with Crippen molar-refractivity contribution in [3.63, 3.8) is 0 Å². The molecule has 0 amide bonds. The molecule has 0 radical (unpaired) electrons. The third-order valence-electron chi connectivity index (χ3n) is 2.85. The molecule has 2 N–H and O–H groups in total. The van der Waals surface area contributed by atoms with Gasteiger partial charge in [0.15, 0.2) is 5.13 Å². The van der Waals surface area contributed by atoms with E-state index in [9.17, 15) is 18.0 Å². The van der Waals surface area contributed by atoms with Gasteiger partial charge in [-0.05, 0) is 18.6 Å². The number of hydrogen-bond donors (Lipinski definition) is 2. The molecule has 1 heterocycles. The van der Waals surface area contributed by atoms with Crippen molar-refractivity contribution in [1.82, 2.24) is 4.98 Å². The number of halogens is 3. The van der Waals surface area contributed by atoms with E-state index in [1.807, 2.05) is 6.92 Å². The van der Waals surface area contributed by atoms with Gasteiger partial charge < -0.3 is 10.4 Å². The Bertz CT molecular complexity index is 683. The number of hydrogen-bond acceptors (Lipinski definition) is 4. The number of anilines is 2. The fourth-order valence-corrected chi connectivity index (χ4v) is 2.80. The SMILES string of the molecule is CCCc1nc(Nc2ccccc2C(F)(F)F)sc1C(=O)O. The average molecular weight is 330 g/mol. The lowest BCUT2D eigenvalue weighted by Crippen LogP contribution is -2.08. The maximum absolute atomic E-state index is 12.9. The monoisotopic (exact) mass is 330 g/mol. The number of rotatable bonds is 5. The molecule has 0 aliphatic rings. The molecule has 0 bridgehead atoms. The Morgan fingerprint density at radius 1 is 1.36 bits per heavy atom. The summed E-state index contributed by atoms with van der Waals surface area (Å²) in [5, 5.41) is 11.8. The van der Waals surface area contributed by atoms with Crippen molar-refractivity contribution >= 4 is 28.1 Å². The topological polar surface area (TPSA) is 62.2 Å². The lowest BCUT2D eigenvalue weighted by Gasteiger charge is -2.12. The summed E-state index contributed by atoms with van der Waals surface area (Å²) in [7, 11) is 0. The third kappa shape index (κ3) is 3.56. The van der Waals surface area contributed by atoms with Gasteiger partial charge in [-0.25, -0.2) is 9.78 Å². The fourth-order valence-electron chi connectivity index (χ4n) is 1.93. The van der Waals surface area contributed by atoms with E-state index >= 15 is 0 Å². The maximum Gasteiger partial charge on any atom is 0.418 e. The van der Waals surface area contributed by atoms with E-state index in [1.54, 1.807) is 0 Å². The van der Waals surface area contributed by atoms with Crippen LogP contribution in [0.1, 0.15) is 34.3 Å². The first-order valence-corrected chi connectivity index (χ1v) is 7.30. The highest BCUT2D eigenvalue weighted by Crippen LogP contribution is 2.37. The molecule has 0 aliphatic carbocycles. The predicted octanol–water partition coefficient (Wildman–Crippen LogP) is 4.56. The first-order valence-electron chi connectivity index (χ1n) is 6.49. The summed E-state index contributed by atoms with van der Waals surface area (Å²) in [6, 6.07) is 5.00. The Morgan fingerprint density at radius 2 is 2.05 bits per heavy atom. The van der Waals surface area contributed by atoms with Gasteiger partial charge in [0, 0.05) is 0 Å². The average Bonchev–Trinajstić information content (AvgIpc) is 2.81. The van der Waals surface area contributed by atoms with Gasteiger partial charge >= 0.3 is 12.1 Å². The molecule has 22 heavy (non-hydrogen) atoms. The van der Waals surface area contributed by atoms with Crippen LogP contribution in [0.15, 0.2) is 24.3 Å². The molecule has 0 spiro atoms. The highest BCUT2D eigenvalue weighted by molar-refractivity contribution is 7.17. The summed E-state index contributed by atoms with van der Waals surface area (Å²) < 4.78 is 38.8. The zero-order valence-electron chi connectivity index (χ0n) is 11.6. The summed E-state index contributed by atoms with van der Waals surface area (Å²) in [5.74, 6) is -1.13. The third-order valence-corrected chi connectivity index (χ3v) is 3.85. The minimum absolute atomic E-state index is 0.0499. The zero-order valence-corrected chi connectivity index (χ0v) is 12.4. The van der Waals surface area contributed by atoms with Crippen LogP contribution in [0, 0.1) is 0 Å². The van der Waals surface area contributed by atoms with Crippen LogP contribution < -0.4 is 5.32 Å². The van der Waals surface area contributed by atoms with Gasteiger partial charge in [0.25, 0.3) is 0 Å². The number of aromatic nitrogens is 1. The maximum atomic E-state index is 12.9. The minimum atomic E-state index is -4.50. The number of carboxylic acid groups (broad SMARTS) is 1. The predicted molar refractivity (Wildman–Crippen MR) is 77.8 cm³/mol. The summed E-state index contributed by atoms with van der Waals surface area (Å²) in [4.78, 5) is 15.3. The number of carboxylic acids is 1. The summed E-state index contributed by atoms with van der Waals surface area (Å²) in [5.41, 5.74) is -0.588. The van der Waals surface area contributed by atoms with Crippen molar-refractivity contribution in [2.24, 2.45) is 0 Å². The molecule has 0 saturated heterocycles. The second kappa shape index (κ2) is 6.35. The summed E-state index contributed by atoms with van der Waals surface area (Å²) in [6.07, 6.45) is -3.34. The fraction of sp³-hybridized carbons (Fsp3) is 0.286. The van der Waals surface area contributed by atoms with E-state index in [4.69, 9.17) is 5.11 Å². The van der Waals surface area contributed by atoms with E-state index in [0.717, 1.165) is 17.4 Å². The van der Waals surface area contributed by atoms with Gasteiger partial charge in [0.1, 0.15) is 4.88 Å². The Kier molecular flexibility index (Phi) is 4.70. The van der Waals surface area contributed by atoms with Crippen LogP contribution in [0.5, 0.6) is 0 Å². The lowest BCUT2D eigenvalue weighted by molar-refractivity contribution is -0.136. The molecule has 1 aromatic heterocycles. The molecule has 0 aliphatic heterocycles. The van der Waals surface area contributed by atoms with Crippen LogP contribution in [-0.4, -0.2) is 16.1 Å². The number of aromatic carboxylic acids is 1. The van der Waals surface area contributed by atoms with Crippen LogP contribution in [0.3, 0.4) is 0 Å². The van der Waals surface area contributed by atoms with Crippen molar-refractivity contribution in [3.05, 3.63) is 40.4 Å². The standard InChI is InChI=1S/C14H13F3N2O2S/c1-2-5-10-11(12(20)21)22-13(19-10)18-9-7-4-3-6-8(9)14(15,16)17/h3-4,6-7H,2,5H2,1H3,(H,18,19)(H,20,21). The Hall–Kier alpha value is -2.09. The van der Waals surface area contributed by atoms with Gasteiger partial charge in [-0.3, -0.25) is 0 Å². The van der Waals surface area contributed by atoms with Crippen molar-refractivity contribution in [2.45, 2.75) is 25.9 Å². The largest absolute Gasteiger partial charge is 0.477 e. The number of alkyl halides is 3. The molecule has 0 unspecified atom stereocenters. The van der Waals surface area contributed by atoms with Crippen LogP contribution in [0.2, 0.25) is 0 Å². The van der Waals surface area contributed by atoms with Gasteiger partial charge in [-0.2, -0.15) is 13.2 Å². The van der Waals surface area contributed by atoms with Crippen LogP contribution >= 0.6 is 11.3 Å². The quantitative estimate of drug-likeness (QED) is 0.844. The summed E-state index contributed by atoms with van der Waals surface area (Å²) in [6.45, 7) is 1.87. The molecular formula is C14H13F3N2O2S. The van der Waals surface area contributed by atoms with Crippen LogP contribution in [0.4, 0.5) is 24.0 Å². The van der Waals surface area contributed by atoms with Gasteiger partial charge in [0.2, 0.25) is 0 Å². The molecule has 118 valence electrons. The molecule has 0 saturated carbocycles. The van der Waals surface area contributed by atoms with E-state index in [1.165, 1.54) is 18.2 Å². The molecular weight excluding hydrogens is 317 g/mol. The van der Waals surface area contributed by atoms with Crippen molar-refractivity contribution in [3.8, 4) is 0 Å². The van der Waals surface area contributed by atoms with E-state index < -0.39 is 17.7 Å². The van der Waals surface area contributed by atoms with Gasteiger partial charge in [-0.15, -0.1) is 0 Å². The zero-order chi connectivity index (χ0) is 16.3. The summed E-state index contributed by atoms with van der Waals surface area (Å²) >= 11 is 0.833. The Balaban J connectivity index is 2.36. The van der Waals surface area contributed by atoms with E-state index in [-0.39, 0.29) is 15.7 Å². The highest BCUT2D eigenvalue weighted by atomic mass is 32.1. The number of nitrogens with zero attached hydrogens (tertiary/aromatic N) is 1. The normalized spacial score (nSPS) is 11.5. The molecule has 4 nitrogen and oxygen atoms in total. The molecule has 0 fully saturated rings. The minimum Gasteiger partial charge on any atom is -0.477 e. The van der Waals surface area contributed by atoms with E-state index in [2.05, 4.69) is 10.3 Å². The number of para-hydroxylation sites is 1. The van der Waals surface area contributed by atoms with Crippen molar-refractivity contribution in [2.75, 3.05) is 5.32 Å². The number of benzene rings is 1. The second-order valence-corrected chi connectivity index (χ2v) is 5.52. The first-order chi connectivity index (χ1) is 10.3. The molecule has 2 rings (SSSR count). The first kappa shape index (κ1) is 16.3. The number of carbonyl (C=O) groups is 1. The molecule has 0 atom stereocenters. The second-order valence-electron chi connectivity index (χ2n) is 4.52. The number of thiazole rings is 1. The molecule has 1 aromatic carbocycles. The highest BCUT2D eigenvalue weighted by Gasteiger charge is 2.33. The van der Waals surface area contributed by atoms with Crippen LogP contribution in [-0.2, 0) is 12.6 Å². The van der Waals surface area contributed by atoms with Gasteiger partial charge in [-0.1, -0.05) is 36.8 Å². The van der Waals surface area contributed by atoms with Crippen molar-refractivity contribution < 1.29 is 23.1 Å². The van der Waals surface area contributed by atoms with E-state index in [0.29, 0.717) is 18.5 Å². The molecule has 8 heteroatoms. The van der Waals surface area contributed by atoms with Crippen molar-refractivity contribution in [1.29, 1.82) is 0 Å². The number of aryl methyl sites for hydroxylation is 1. The lowest BCUT2D eigenvalue weighted by atomic mass is 10.2. The number of nitrogens with one attached hydrogen (secondary N) is 1. The molecule has 2 aromatic rings. The Morgan fingerprint density at radius 3 is 2.64 bits per heavy atom. The smallest absolute Gasteiger partial charge is 0.418 e.